The quantitative estimate of drug-likeness (QED) is 0.516. The second kappa shape index (κ2) is 9.56. The summed E-state index contributed by atoms with van der Waals surface area (Å²) >= 11 is 0. The molecule has 3 heteroatoms. The number of rotatable bonds is 1. The Balaban J connectivity index is 0.00000121. The van der Waals surface area contributed by atoms with Gasteiger partial charge in [-0.05, 0) is 75.0 Å². The summed E-state index contributed by atoms with van der Waals surface area (Å²) in [6.07, 6.45) is 8.59. The van der Waals surface area contributed by atoms with E-state index in [9.17, 15) is 0 Å². The summed E-state index contributed by atoms with van der Waals surface area (Å²) < 4.78 is 0. The molecule has 32 heavy (non-hydrogen) atoms. The SMILES string of the molecule is CC(C)(C)c1ccc2c(c1)C(C1CCC3=C1C=CC3)c1cc(C(C)(C)C)ccc1-2.[Cl-].[Cl-].[Zr+2]. The monoisotopic (exact) mass is 542 g/mol. The van der Waals surface area contributed by atoms with Gasteiger partial charge in [-0.3, -0.25) is 0 Å². The summed E-state index contributed by atoms with van der Waals surface area (Å²) in [5.74, 6) is 1.13. The smallest absolute Gasteiger partial charge is 1.00 e. The maximum atomic E-state index is 2.54. The maximum Gasteiger partial charge on any atom is 2.00 e. The third-order valence-electron chi connectivity index (χ3n) is 7.42. The fourth-order valence-electron chi connectivity index (χ4n) is 5.69. The minimum Gasteiger partial charge on any atom is -1.00 e. The second-order valence-electron chi connectivity index (χ2n) is 11.4. The largest absolute Gasteiger partial charge is 2.00 e. The van der Waals surface area contributed by atoms with Crippen molar-refractivity contribution in [3.05, 3.63) is 82.0 Å². The van der Waals surface area contributed by atoms with Crippen molar-refractivity contribution in [2.45, 2.75) is 77.6 Å². The topological polar surface area (TPSA) is 0 Å². The number of benzene rings is 2. The summed E-state index contributed by atoms with van der Waals surface area (Å²) in [6.45, 7) is 14.0. The molecule has 168 valence electrons. The zero-order valence-corrected chi connectivity index (χ0v) is 24.1. The Morgan fingerprint density at radius 2 is 1.25 bits per heavy atom. The average Bonchev–Trinajstić information content (AvgIpc) is 3.32. The first kappa shape index (κ1) is 27.6. The van der Waals surface area contributed by atoms with Crippen molar-refractivity contribution in [2.75, 3.05) is 0 Å². The molecule has 0 fully saturated rings. The van der Waals surface area contributed by atoms with Crippen molar-refractivity contribution in [1.29, 1.82) is 0 Å². The van der Waals surface area contributed by atoms with Crippen LogP contribution in [0.2, 0.25) is 0 Å². The third-order valence-corrected chi connectivity index (χ3v) is 7.42. The van der Waals surface area contributed by atoms with Crippen LogP contribution in [0.3, 0.4) is 0 Å². The minimum absolute atomic E-state index is 0. The molecule has 2 aromatic carbocycles. The van der Waals surface area contributed by atoms with Crippen LogP contribution in [0.15, 0.2) is 59.7 Å². The number of fused-ring (bicyclic) bond motifs is 3. The number of hydrogen-bond acceptors (Lipinski definition) is 0. The van der Waals surface area contributed by atoms with Gasteiger partial charge in [0.25, 0.3) is 0 Å². The van der Waals surface area contributed by atoms with Gasteiger partial charge in [0.15, 0.2) is 0 Å². The fraction of sp³-hybridized carbons (Fsp3) is 0.448. The molecular formula is C29H34Cl2Zr. The van der Waals surface area contributed by atoms with Crippen molar-refractivity contribution in [3.8, 4) is 11.1 Å². The van der Waals surface area contributed by atoms with Gasteiger partial charge < -0.3 is 24.8 Å². The van der Waals surface area contributed by atoms with Crippen LogP contribution in [-0.4, -0.2) is 0 Å². The zero-order valence-electron chi connectivity index (χ0n) is 20.2. The maximum absolute atomic E-state index is 2.54. The van der Waals surface area contributed by atoms with Crippen molar-refractivity contribution in [1.82, 2.24) is 0 Å². The second-order valence-corrected chi connectivity index (χ2v) is 11.4. The molecule has 0 saturated heterocycles. The molecule has 0 aromatic heterocycles. The molecule has 0 nitrogen and oxygen atoms in total. The molecule has 0 amide bonds. The normalized spacial score (nSPS) is 19.0. The van der Waals surface area contributed by atoms with Gasteiger partial charge >= 0.3 is 26.2 Å². The van der Waals surface area contributed by atoms with Crippen molar-refractivity contribution in [3.63, 3.8) is 0 Å². The van der Waals surface area contributed by atoms with Gasteiger partial charge in [-0.2, -0.15) is 0 Å². The Labute approximate surface area is 226 Å². The molecule has 0 heterocycles. The van der Waals surface area contributed by atoms with Crippen molar-refractivity contribution < 1.29 is 51.0 Å². The van der Waals surface area contributed by atoms with E-state index in [0.717, 1.165) is 0 Å². The summed E-state index contributed by atoms with van der Waals surface area (Å²) in [7, 11) is 0. The van der Waals surface area contributed by atoms with Gasteiger partial charge in [-0.15, -0.1) is 0 Å². The van der Waals surface area contributed by atoms with E-state index in [2.05, 4.69) is 90.1 Å². The van der Waals surface area contributed by atoms with Crippen LogP contribution in [0.4, 0.5) is 0 Å². The molecule has 0 radical (unpaired) electrons. The standard InChI is InChI=1S/C29H34.2ClH.Zr/c1-28(2,3)19-11-14-22-23-15-12-20(29(4,5)6)17-26(23)27(25(22)16-19)24-13-10-18-8-7-9-21(18)24;;;/h7,9,11-12,14-17,24,27H,8,10,13H2,1-6H3;2*1H;/q;;;+2/p-2. The van der Waals surface area contributed by atoms with Gasteiger partial charge in [-0.1, -0.05) is 95.7 Å². The number of hydrogen-bond donors (Lipinski definition) is 0. The predicted octanol–water partition coefficient (Wildman–Crippen LogP) is 2.07. The van der Waals surface area contributed by atoms with E-state index in [1.807, 2.05) is 0 Å². The Kier molecular flexibility index (Phi) is 8.25. The first-order valence-electron chi connectivity index (χ1n) is 11.3. The Morgan fingerprint density at radius 1 is 0.750 bits per heavy atom. The van der Waals surface area contributed by atoms with E-state index in [-0.39, 0.29) is 61.8 Å². The minimum atomic E-state index is 0. The van der Waals surface area contributed by atoms with Crippen LogP contribution in [0.5, 0.6) is 0 Å². The number of halogens is 2. The molecule has 0 spiro atoms. The molecule has 1 unspecified atom stereocenters. The van der Waals surface area contributed by atoms with E-state index in [1.165, 1.54) is 41.5 Å². The van der Waals surface area contributed by atoms with Crippen LogP contribution in [0.1, 0.15) is 89.0 Å². The van der Waals surface area contributed by atoms with E-state index >= 15 is 0 Å². The van der Waals surface area contributed by atoms with Crippen molar-refractivity contribution in [2.24, 2.45) is 5.92 Å². The van der Waals surface area contributed by atoms with Crippen LogP contribution >= 0.6 is 0 Å². The third kappa shape index (κ3) is 4.52. The Morgan fingerprint density at radius 3 is 1.72 bits per heavy atom. The van der Waals surface area contributed by atoms with Crippen LogP contribution in [-0.2, 0) is 37.0 Å². The van der Waals surface area contributed by atoms with Gasteiger partial charge in [0, 0.05) is 5.92 Å². The Hall–Kier alpha value is -0.617. The first-order chi connectivity index (χ1) is 13.6. The summed E-state index contributed by atoms with van der Waals surface area (Å²) in [5, 5.41) is 0. The molecule has 3 aliphatic carbocycles. The molecule has 2 aromatic rings. The van der Waals surface area contributed by atoms with Crippen LogP contribution in [0, 0.1) is 5.92 Å². The van der Waals surface area contributed by atoms with Gasteiger partial charge in [0.05, 0.1) is 0 Å². The molecule has 3 aliphatic rings. The summed E-state index contributed by atoms with van der Waals surface area (Å²) in [6, 6.07) is 14.6. The summed E-state index contributed by atoms with van der Waals surface area (Å²) in [4.78, 5) is 0. The fourth-order valence-corrected chi connectivity index (χ4v) is 5.69. The molecule has 0 saturated carbocycles. The van der Waals surface area contributed by atoms with Gasteiger partial charge in [0.2, 0.25) is 0 Å². The zero-order chi connectivity index (χ0) is 20.6. The molecular weight excluding hydrogens is 510 g/mol. The molecule has 0 aliphatic heterocycles. The first-order valence-corrected chi connectivity index (χ1v) is 11.3. The van der Waals surface area contributed by atoms with E-state index in [4.69, 9.17) is 0 Å². The van der Waals surface area contributed by atoms with Gasteiger partial charge in [-0.25, -0.2) is 0 Å². The van der Waals surface area contributed by atoms with E-state index in [0.29, 0.717) is 11.8 Å². The predicted molar refractivity (Wildman–Crippen MR) is 125 cm³/mol. The Bertz CT molecular complexity index is 1000. The van der Waals surface area contributed by atoms with Gasteiger partial charge in [0.1, 0.15) is 0 Å². The summed E-state index contributed by atoms with van der Waals surface area (Å²) in [5.41, 5.74) is 12.7. The van der Waals surface area contributed by atoms with Crippen LogP contribution in [0.25, 0.3) is 11.1 Å². The molecule has 0 N–H and O–H groups in total. The van der Waals surface area contributed by atoms with Crippen molar-refractivity contribution >= 4 is 0 Å². The van der Waals surface area contributed by atoms with E-state index < -0.39 is 0 Å². The molecule has 0 bridgehead atoms. The van der Waals surface area contributed by atoms with E-state index in [1.54, 1.807) is 22.3 Å². The molecule has 1 atom stereocenters. The van der Waals surface area contributed by atoms with Crippen LogP contribution < -0.4 is 24.8 Å². The molecule has 5 rings (SSSR count). The number of allylic oxidation sites excluding steroid dienone is 4. The average molecular weight is 545 g/mol.